The highest BCUT2D eigenvalue weighted by molar-refractivity contribution is 7.89. The van der Waals surface area contributed by atoms with Crippen molar-refractivity contribution in [2.75, 3.05) is 19.8 Å². The summed E-state index contributed by atoms with van der Waals surface area (Å²) in [4.78, 5) is -0.372. The van der Waals surface area contributed by atoms with Gasteiger partial charge in [0.2, 0.25) is 10.0 Å². The molecular formula is C17H16F3NO4S. The molecule has 1 aliphatic rings. The average molecular weight is 387 g/mol. The number of sulfonamides is 1. The van der Waals surface area contributed by atoms with Crippen LogP contribution in [0.15, 0.2) is 53.4 Å². The number of para-hydroxylation sites is 1. The second-order valence-corrected chi connectivity index (χ2v) is 7.45. The first kappa shape index (κ1) is 18.7. The lowest BCUT2D eigenvalue weighted by Gasteiger charge is -2.35. The van der Waals surface area contributed by atoms with E-state index < -0.39 is 34.2 Å². The molecule has 1 atom stereocenters. The Labute approximate surface area is 149 Å². The smallest absolute Gasteiger partial charge is 0.387 e. The summed E-state index contributed by atoms with van der Waals surface area (Å²) in [5.74, 6) is -0.946. The lowest BCUT2D eigenvalue weighted by molar-refractivity contribution is -0.0518. The molecule has 0 spiro atoms. The normalized spacial score (nSPS) is 18.8. The number of morpholine rings is 1. The molecule has 2 aromatic rings. The molecule has 0 amide bonds. The number of hydrogen-bond acceptors (Lipinski definition) is 4. The molecule has 1 saturated heterocycles. The molecule has 1 fully saturated rings. The van der Waals surface area contributed by atoms with Crippen molar-refractivity contribution in [3.05, 3.63) is 59.9 Å². The topological polar surface area (TPSA) is 55.8 Å². The molecule has 0 radical (unpaired) electrons. The van der Waals surface area contributed by atoms with Crippen LogP contribution >= 0.6 is 0 Å². The summed E-state index contributed by atoms with van der Waals surface area (Å²) in [6, 6.07) is 9.94. The van der Waals surface area contributed by atoms with Crippen LogP contribution in [0.1, 0.15) is 11.6 Å². The quantitative estimate of drug-likeness (QED) is 0.791. The summed E-state index contributed by atoms with van der Waals surface area (Å²) in [6.07, 6.45) is 0. The van der Waals surface area contributed by atoms with Gasteiger partial charge in [-0.05, 0) is 29.8 Å². The van der Waals surface area contributed by atoms with E-state index in [1.165, 1.54) is 36.4 Å². The Bertz CT molecular complexity index is 876. The van der Waals surface area contributed by atoms with Crippen LogP contribution in [0.5, 0.6) is 5.75 Å². The predicted octanol–water partition coefficient (Wildman–Crippen LogP) is 3.19. The van der Waals surface area contributed by atoms with Gasteiger partial charge in [-0.15, -0.1) is 0 Å². The van der Waals surface area contributed by atoms with E-state index in [2.05, 4.69) is 4.74 Å². The third kappa shape index (κ3) is 3.84. The Kier molecular flexibility index (Phi) is 5.49. The number of ether oxygens (including phenoxy) is 2. The molecule has 0 aliphatic carbocycles. The Morgan fingerprint density at radius 2 is 1.92 bits per heavy atom. The zero-order valence-electron chi connectivity index (χ0n) is 13.5. The van der Waals surface area contributed by atoms with Crippen molar-refractivity contribution < 1.29 is 31.1 Å². The van der Waals surface area contributed by atoms with Crippen LogP contribution < -0.4 is 4.74 Å². The van der Waals surface area contributed by atoms with Crippen LogP contribution in [0.25, 0.3) is 0 Å². The van der Waals surface area contributed by atoms with E-state index in [-0.39, 0.29) is 24.7 Å². The molecule has 26 heavy (non-hydrogen) atoms. The fourth-order valence-corrected chi connectivity index (χ4v) is 4.54. The van der Waals surface area contributed by atoms with Gasteiger partial charge in [0, 0.05) is 6.54 Å². The molecule has 9 heteroatoms. The molecule has 0 saturated carbocycles. The minimum absolute atomic E-state index is 0.00647. The molecular weight excluding hydrogens is 371 g/mol. The van der Waals surface area contributed by atoms with E-state index in [4.69, 9.17) is 4.74 Å². The number of nitrogens with zero attached hydrogens (tertiary/aromatic N) is 1. The minimum atomic E-state index is -4.18. The first-order chi connectivity index (χ1) is 12.4. The maximum absolute atomic E-state index is 13.6. The first-order valence-corrected chi connectivity index (χ1v) is 9.22. The number of alkyl halides is 2. The third-order valence-electron chi connectivity index (χ3n) is 3.96. The van der Waals surface area contributed by atoms with E-state index in [1.807, 2.05) is 0 Å². The molecule has 0 aromatic heterocycles. The minimum Gasteiger partial charge on any atom is -0.433 e. The highest BCUT2D eigenvalue weighted by atomic mass is 32.2. The second-order valence-electron chi connectivity index (χ2n) is 5.59. The van der Waals surface area contributed by atoms with Crippen molar-refractivity contribution in [2.45, 2.75) is 17.5 Å². The highest BCUT2D eigenvalue weighted by Crippen LogP contribution is 2.34. The molecule has 5 nitrogen and oxygen atoms in total. The molecule has 3 rings (SSSR count). The number of halogens is 3. The van der Waals surface area contributed by atoms with Gasteiger partial charge >= 0.3 is 6.61 Å². The van der Waals surface area contributed by atoms with Gasteiger partial charge < -0.3 is 9.47 Å². The Morgan fingerprint density at radius 1 is 1.15 bits per heavy atom. The third-order valence-corrected chi connectivity index (χ3v) is 5.91. The molecule has 1 heterocycles. The summed E-state index contributed by atoms with van der Waals surface area (Å²) in [7, 11) is -4.18. The van der Waals surface area contributed by atoms with Crippen LogP contribution in [0.4, 0.5) is 13.2 Å². The second kappa shape index (κ2) is 7.65. The predicted molar refractivity (Wildman–Crippen MR) is 86.9 cm³/mol. The summed E-state index contributed by atoms with van der Waals surface area (Å²) < 4.78 is 75.9. The first-order valence-electron chi connectivity index (χ1n) is 7.78. The van der Waals surface area contributed by atoms with Crippen molar-refractivity contribution >= 4 is 10.0 Å². The fourth-order valence-electron chi connectivity index (χ4n) is 2.84. The molecule has 0 N–H and O–H groups in total. The number of benzene rings is 2. The summed E-state index contributed by atoms with van der Waals surface area (Å²) in [6.45, 7) is -2.98. The van der Waals surface area contributed by atoms with Gasteiger partial charge in [-0.1, -0.05) is 24.3 Å². The number of rotatable bonds is 5. The lowest BCUT2D eigenvalue weighted by atomic mass is 10.1. The van der Waals surface area contributed by atoms with Crippen molar-refractivity contribution in [1.29, 1.82) is 0 Å². The Morgan fingerprint density at radius 3 is 2.65 bits per heavy atom. The molecule has 140 valence electrons. The van der Waals surface area contributed by atoms with Crippen molar-refractivity contribution in [3.63, 3.8) is 0 Å². The zero-order chi connectivity index (χ0) is 18.7. The molecule has 2 aromatic carbocycles. The van der Waals surface area contributed by atoms with Crippen LogP contribution in [0, 0.1) is 5.82 Å². The van der Waals surface area contributed by atoms with Gasteiger partial charge in [-0.2, -0.15) is 13.1 Å². The average Bonchev–Trinajstić information content (AvgIpc) is 2.61. The maximum atomic E-state index is 13.6. The SMILES string of the molecule is O=S(=O)(c1ccccc1OC(F)F)N1CCOCC1c1cccc(F)c1. The van der Waals surface area contributed by atoms with Crippen molar-refractivity contribution in [3.8, 4) is 5.75 Å². The summed E-state index contributed by atoms with van der Waals surface area (Å²) in [5, 5.41) is 0. The van der Waals surface area contributed by atoms with Crippen molar-refractivity contribution in [2.24, 2.45) is 0 Å². The van der Waals surface area contributed by atoms with E-state index >= 15 is 0 Å². The van der Waals surface area contributed by atoms with Gasteiger partial charge in [0.05, 0.1) is 19.3 Å². The Balaban J connectivity index is 2.02. The van der Waals surface area contributed by atoms with Gasteiger partial charge in [-0.25, -0.2) is 12.8 Å². The van der Waals surface area contributed by atoms with Gasteiger partial charge in [0.1, 0.15) is 16.5 Å². The zero-order valence-corrected chi connectivity index (χ0v) is 14.3. The Hall–Kier alpha value is -2.10. The van der Waals surface area contributed by atoms with E-state index in [0.717, 1.165) is 10.4 Å². The van der Waals surface area contributed by atoms with Crippen LogP contribution in [-0.2, 0) is 14.8 Å². The van der Waals surface area contributed by atoms with Crippen molar-refractivity contribution in [1.82, 2.24) is 4.31 Å². The van der Waals surface area contributed by atoms with Gasteiger partial charge in [-0.3, -0.25) is 0 Å². The number of hydrogen-bond donors (Lipinski definition) is 0. The molecule has 0 bridgehead atoms. The van der Waals surface area contributed by atoms with Gasteiger partial charge in [0.25, 0.3) is 0 Å². The maximum Gasteiger partial charge on any atom is 0.387 e. The van der Waals surface area contributed by atoms with Crippen LogP contribution in [-0.4, -0.2) is 39.1 Å². The largest absolute Gasteiger partial charge is 0.433 e. The molecule has 1 unspecified atom stereocenters. The van der Waals surface area contributed by atoms with Crippen LogP contribution in [0.3, 0.4) is 0 Å². The van der Waals surface area contributed by atoms with E-state index in [1.54, 1.807) is 6.07 Å². The van der Waals surface area contributed by atoms with Gasteiger partial charge in [0.15, 0.2) is 0 Å². The van der Waals surface area contributed by atoms with E-state index in [0.29, 0.717) is 5.56 Å². The molecule has 1 aliphatic heterocycles. The van der Waals surface area contributed by atoms with E-state index in [9.17, 15) is 21.6 Å². The van der Waals surface area contributed by atoms with Crippen LogP contribution in [0.2, 0.25) is 0 Å². The standard InChI is InChI=1S/C17H16F3NO4S/c18-13-5-3-4-12(10-13)14-11-24-9-8-21(14)26(22,23)16-7-2-1-6-15(16)25-17(19)20/h1-7,10,14,17H,8-9,11H2. The monoisotopic (exact) mass is 387 g/mol. The summed E-state index contributed by atoms with van der Waals surface area (Å²) in [5.41, 5.74) is 0.417. The summed E-state index contributed by atoms with van der Waals surface area (Å²) >= 11 is 0. The lowest BCUT2D eigenvalue weighted by Crippen LogP contribution is -2.43. The fraction of sp³-hybridized carbons (Fsp3) is 0.294. The highest BCUT2D eigenvalue weighted by Gasteiger charge is 2.37.